The van der Waals surface area contributed by atoms with Gasteiger partial charge in [0.15, 0.2) is 0 Å². The van der Waals surface area contributed by atoms with E-state index in [2.05, 4.69) is 13.8 Å². The largest absolute Gasteiger partial charge is 0.399 e. The molecule has 3 nitrogen and oxygen atoms in total. The molecule has 0 bridgehead atoms. The van der Waals surface area contributed by atoms with E-state index in [1.807, 2.05) is 23.1 Å². The third-order valence-corrected chi connectivity index (χ3v) is 3.70. The normalized spacial score (nSPS) is 20.7. The fraction of sp³-hybridized carbons (Fsp3) is 0.462. The summed E-state index contributed by atoms with van der Waals surface area (Å²) < 4.78 is 0. The molecule has 1 spiro atoms. The van der Waals surface area contributed by atoms with Gasteiger partial charge in [0.2, 0.25) is 0 Å². The third kappa shape index (κ3) is 1.01. The molecule has 16 heavy (non-hydrogen) atoms. The van der Waals surface area contributed by atoms with Crippen molar-refractivity contribution in [3.63, 3.8) is 0 Å². The van der Waals surface area contributed by atoms with Crippen molar-refractivity contribution >= 4 is 11.6 Å². The highest BCUT2D eigenvalue weighted by Crippen LogP contribution is 2.57. The molecule has 2 aliphatic rings. The Morgan fingerprint density at radius 3 is 2.62 bits per heavy atom. The molecule has 1 heterocycles. The van der Waals surface area contributed by atoms with Gasteiger partial charge in [-0.05, 0) is 50.5 Å². The van der Waals surface area contributed by atoms with Gasteiger partial charge in [-0.2, -0.15) is 0 Å². The van der Waals surface area contributed by atoms with Gasteiger partial charge in [-0.25, -0.2) is 0 Å². The second kappa shape index (κ2) is 2.78. The van der Waals surface area contributed by atoms with Crippen LogP contribution in [0.4, 0.5) is 5.69 Å². The molecule has 1 aliphatic heterocycles. The number of rotatable bonds is 1. The molecule has 0 aromatic heterocycles. The van der Waals surface area contributed by atoms with Crippen LogP contribution in [-0.4, -0.2) is 16.8 Å². The fourth-order valence-electron chi connectivity index (χ4n) is 2.94. The van der Waals surface area contributed by atoms with Crippen LogP contribution in [0.2, 0.25) is 0 Å². The lowest BCUT2D eigenvalue weighted by Gasteiger charge is -2.29. The van der Waals surface area contributed by atoms with E-state index in [4.69, 9.17) is 5.73 Å². The van der Waals surface area contributed by atoms with Crippen LogP contribution in [0, 0.1) is 0 Å². The molecule has 1 amide bonds. The van der Waals surface area contributed by atoms with Crippen molar-refractivity contribution in [2.24, 2.45) is 0 Å². The number of nitrogens with two attached hydrogens (primary N) is 1. The van der Waals surface area contributed by atoms with Crippen molar-refractivity contribution in [1.82, 2.24) is 4.90 Å². The van der Waals surface area contributed by atoms with E-state index in [1.54, 1.807) is 0 Å². The minimum atomic E-state index is -0.0179. The highest BCUT2D eigenvalue weighted by molar-refractivity contribution is 6.01. The number of fused-ring (bicyclic) bond motifs is 2. The van der Waals surface area contributed by atoms with E-state index in [0.29, 0.717) is 0 Å². The third-order valence-electron chi connectivity index (χ3n) is 3.70. The summed E-state index contributed by atoms with van der Waals surface area (Å²) >= 11 is 0. The number of nitrogen functional groups attached to an aromatic ring is 1. The Kier molecular flexibility index (Phi) is 1.69. The van der Waals surface area contributed by atoms with Crippen molar-refractivity contribution in [2.45, 2.75) is 38.3 Å². The lowest BCUT2D eigenvalue weighted by atomic mass is 10.0. The number of hydrogen-bond donors (Lipinski definition) is 1. The van der Waals surface area contributed by atoms with E-state index in [-0.39, 0.29) is 17.5 Å². The average molecular weight is 216 g/mol. The van der Waals surface area contributed by atoms with E-state index >= 15 is 0 Å². The number of carbonyl (C=O) groups is 1. The molecule has 0 atom stereocenters. The standard InChI is InChI=1S/C13H16N2O/c1-8(2)15-12(16)10-4-3-9(14)7-11(10)13(15)5-6-13/h3-4,7-8H,5-6,14H2,1-2H3. The summed E-state index contributed by atoms with van der Waals surface area (Å²) in [4.78, 5) is 14.3. The molecule has 2 N–H and O–H groups in total. The number of nitrogens with zero attached hydrogens (tertiary/aromatic N) is 1. The van der Waals surface area contributed by atoms with E-state index in [1.165, 1.54) is 0 Å². The lowest BCUT2D eigenvalue weighted by molar-refractivity contribution is 0.0630. The van der Waals surface area contributed by atoms with Crippen molar-refractivity contribution in [3.05, 3.63) is 29.3 Å². The quantitative estimate of drug-likeness (QED) is 0.731. The predicted molar refractivity (Wildman–Crippen MR) is 63.1 cm³/mol. The van der Waals surface area contributed by atoms with Crippen molar-refractivity contribution < 1.29 is 4.79 Å². The average Bonchev–Trinajstić information content (AvgIpc) is 2.93. The summed E-state index contributed by atoms with van der Waals surface area (Å²) in [6.07, 6.45) is 2.15. The fourth-order valence-corrected chi connectivity index (χ4v) is 2.94. The Labute approximate surface area is 95.2 Å². The van der Waals surface area contributed by atoms with Crippen LogP contribution in [0.5, 0.6) is 0 Å². The van der Waals surface area contributed by atoms with Crippen LogP contribution in [0.25, 0.3) is 0 Å². The predicted octanol–water partition coefficient (Wildman–Crippen LogP) is 2.12. The summed E-state index contributed by atoms with van der Waals surface area (Å²) in [5.74, 6) is 0.169. The van der Waals surface area contributed by atoms with Gasteiger partial charge in [0.05, 0.1) is 5.54 Å². The first-order chi connectivity index (χ1) is 7.56. The Hall–Kier alpha value is -1.51. The Morgan fingerprint density at radius 1 is 1.38 bits per heavy atom. The zero-order chi connectivity index (χ0) is 11.5. The topological polar surface area (TPSA) is 46.3 Å². The lowest BCUT2D eigenvalue weighted by Crippen LogP contribution is -2.39. The molecule has 1 saturated carbocycles. The molecule has 1 aromatic carbocycles. The zero-order valence-corrected chi connectivity index (χ0v) is 9.66. The van der Waals surface area contributed by atoms with Crippen LogP contribution in [-0.2, 0) is 5.54 Å². The monoisotopic (exact) mass is 216 g/mol. The van der Waals surface area contributed by atoms with Gasteiger partial charge in [-0.15, -0.1) is 0 Å². The first kappa shape index (κ1) is 9.70. The van der Waals surface area contributed by atoms with E-state index in [0.717, 1.165) is 29.7 Å². The van der Waals surface area contributed by atoms with Gasteiger partial charge < -0.3 is 10.6 Å². The Balaban J connectivity index is 2.19. The van der Waals surface area contributed by atoms with Gasteiger partial charge in [0.25, 0.3) is 5.91 Å². The first-order valence-corrected chi connectivity index (χ1v) is 5.80. The minimum Gasteiger partial charge on any atom is -0.399 e. The molecule has 1 fully saturated rings. The van der Waals surface area contributed by atoms with Crippen molar-refractivity contribution in [2.75, 3.05) is 5.73 Å². The van der Waals surface area contributed by atoms with Gasteiger partial charge in [0.1, 0.15) is 0 Å². The SMILES string of the molecule is CC(C)N1C(=O)c2ccc(N)cc2C12CC2. The minimum absolute atomic E-state index is 0.0179. The summed E-state index contributed by atoms with van der Waals surface area (Å²) in [5.41, 5.74) is 8.54. The van der Waals surface area contributed by atoms with Gasteiger partial charge in [-0.3, -0.25) is 4.79 Å². The maximum absolute atomic E-state index is 12.3. The molecule has 1 aromatic rings. The molecule has 0 saturated heterocycles. The number of anilines is 1. The van der Waals surface area contributed by atoms with Crippen molar-refractivity contribution in [1.29, 1.82) is 0 Å². The molecule has 1 aliphatic carbocycles. The number of amides is 1. The molecular formula is C13H16N2O. The summed E-state index contributed by atoms with van der Waals surface area (Å²) in [5, 5.41) is 0. The number of carbonyl (C=O) groups excluding carboxylic acids is 1. The van der Waals surface area contributed by atoms with Gasteiger partial charge in [0, 0.05) is 17.3 Å². The number of hydrogen-bond acceptors (Lipinski definition) is 2. The van der Waals surface area contributed by atoms with E-state index in [9.17, 15) is 4.79 Å². The molecule has 3 heteroatoms. The molecule has 0 radical (unpaired) electrons. The smallest absolute Gasteiger partial charge is 0.255 e. The van der Waals surface area contributed by atoms with E-state index < -0.39 is 0 Å². The Morgan fingerprint density at radius 2 is 2.06 bits per heavy atom. The highest BCUT2D eigenvalue weighted by atomic mass is 16.2. The zero-order valence-electron chi connectivity index (χ0n) is 9.66. The van der Waals surface area contributed by atoms with Crippen LogP contribution in [0.3, 0.4) is 0 Å². The van der Waals surface area contributed by atoms with Crippen molar-refractivity contribution in [3.8, 4) is 0 Å². The van der Waals surface area contributed by atoms with Crippen LogP contribution in [0.15, 0.2) is 18.2 Å². The summed E-state index contributed by atoms with van der Waals surface area (Å²) in [7, 11) is 0. The maximum Gasteiger partial charge on any atom is 0.255 e. The van der Waals surface area contributed by atoms with Crippen LogP contribution >= 0.6 is 0 Å². The first-order valence-electron chi connectivity index (χ1n) is 5.80. The molecule has 84 valence electrons. The van der Waals surface area contributed by atoms with Crippen LogP contribution in [0.1, 0.15) is 42.6 Å². The number of benzene rings is 1. The molecular weight excluding hydrogens is 200 g/mol. The van der Waals surface area contributed by atoms with Gasteiger partial charge in [-0.1, -0.05) is 0 Å². The Bertz CT molecular complexity index is 475. The maximum atomic E-state index is 12.3. The molecule has 0 unspecified atom stereocenters. The highest BCUT2D eigenvalue weighted by Gasteiger charge is 2.58. The van der Waals surface area contributed by atoms with Crippen LogP contribution < -0.4 is 5.73 Å². The summed E-state index contributed by atoms with van der Waals surface area (Å²) in [6.45, 7) is 4.15. The molecule has 3 rings (SSSR count). The second-order valence-corrected chi connectivity index (χ2v) is 5.11. The summed E-state index contributed by atoms with van der Waals surface area (Å²) in [6, 6.07) is 5.91. The van der Waals surface area contributed by atoms with Gasteiger partial charge >= 0.3 is 0 Å². The second-order valence-electron chi connectivity index (χ2n) is 5.11.